The van der Waals surface area contributed by atoms with Gasteiger partial charge in [-0.15, -0.1) is 0 Å². The number of ether oxygens (including phenoxy) is 1. The van der Waals surface area contributed by atoms with Crippen LogP contribution >= 0.6 is 11.6 Å². The molecule has 0 fully saturated rings. The van der Waals surface area contributed by atoms with Gasteiger partial charge in [0.25, 0.3) is 5.91 Å². The average Bonchev–Trinajstić information content (AvgIpc) is 2.57. The third kappa shape index (κ3) is 4.75. The minimum absolute atomic E-state index is 0.0160. The zero-order valence-corrected chi connectivity index (χ0v) is 15.4. The van der Waals surface area contributed by atoms with E-state index in [-0.39, 0.29) is 18.6 Å². The number of hydrogen-bond donors (Lipinski definition) is 1. The molecule has 1 atom stereocenters. The molecular formula is C20H24ClNO2. The molecule has 0 radical (unpaired) electrons. The summed E-state index contributed by atoms with van der Waals surface area (Å²) in [5.74, 6) is 0.511. The number of aryl methyl sites for hydroxylation is 3. The summed E-state index contributed by atoms with van der Waals surface area (Å²) < 4.78 is 5.59. The Hall–Kier alpha value is -2.00. The lowest BCUT2D eigenvalue weighted by Crippen LogP contribution is -2.31. The van der Waals surface area contributed by atoms with Crippen LogP contribution in [0.5, 0.6) is 5.75 Å². The van der Waals surface area contributed by atoms with E-state index in [0.717, 1.165) is 28.1 Å². The summed E-state index contributed by atoms with van der Waals surface area (Å²) in [5.41, 5.74) is 4.25. The van der Waals surface area contributed by atoms with E-state index in [2.05, 4.69) is 36.5 Å². The van der Waals surface area contributed by atoms with Crippen LogP contribution in [0.1, 0.15) is 42.1 Å². The number of nitrogens with one attached hydrogen (secondary N) is 1. The average molecular weight is 346 g/mol. The Balaban J connectivity index is 1.90. The molecule has 24 heavy (non-hydrogen) atoms. The zero-order chi connectivity index (χ0) is 17.7. The molecule has 2 aromatic rings. The van der Waals surface area contributed by atoms with E-state index >= 15 is 0 Å². The topological polar surface area (TPSA) is 38.3 Å². The maximum Gasteiger partial charge on any atom is 0.258 e. The Morgan fingerprint density at radius 1 is 1.17 bits per heavy atom. The standard InChI is InChI=1S/C20H24ClNO2/c1-5-16-6-8-17(9-7-16)15(4)22-19(23)12-24-18-10-13(2)20(21)14(3)11-18/h6-11,15H,5,12H2,1-4H3,(H,22,23)/t15-/m0/s1. The Labute approximate surface area is 149 Å². The molecule has 0 aliphatic carbocycles. The van der Waals surface area contributed by atoms with Gasteiger partial charge in [-0.1, -0.05) is 42.8 Å². The normalized spacial score (nSPS) is 11.9. The van der Waals surface area contributed by atoms with E-state index in [0.29, 0.717) is 5.75 Å². The molecule has 2 rings (SSSR count). The van der Waals surface area contributed by atoms with Crippen LogP contribution in [0.4, 0.5) is 0 Å². The van der Waals surface area contributed by atoms with Crippen molar-refractivity contribution < 1.29 is 9.53 Å². The second-order valence-electron chi connectivity index (χ2n) is 6.04. The van der Waals surface area contributed by atoms with Gasteiger partial charge >= 0.3 is 0 Å². The van der Waals surface area contributed by atoms with Crippen molar-refractivity contribution >= 4 is 17.5 Å². The van der Waals surface area contributed by atoms with E-state index in [1.54, 1.807) is 0 Å². The van der Waals surface area contributed by atoms with Crippen LogP contribution in [-0.2, 0) is 11.2 Å². The number of rotatable bonds is 6. The van der Waals surface area contributed by atoms with Crippen molar-refractivity contribution in [3.05, 3.63) is 63.7 Å². The van der Waals surface area contributed by atoms with Crippen molar-refractivity contribution in [2.24, 2.45) is 0 Å². The van der Waals surface area contributed by atoms with Gasteiger partial charge < -0.3 is 10.1 Å². The smallest absolute Gasteiger partial charge is 0.258 e. The van der Waals surface area contributed by atoms with Crippen LogP contribution in [0.15, 0.2) is 36.4 Å². The SMILES string of the molecule is CCc1ccc([C@H](C)NC(=O)COc2cc(C)c(Cl)c(C)c2)cc1. The zero-order valence-electron chi connectivity index (χ0n) is 14.7. The monoisotopic (exact) mass is 345 g/mol. The summed E-state index contributed by atoms with van der Waals surface area (Å²) in [4.78, 5) is 12.1. The highest BCUT2D eigenvalue weighted by Gasteiger charge is 2.11. The molecule has 0 aliphatic heterocycles. The van der Waals surface area contributed by atoms with Gasteiger partial charge in [0.05, 0.1) is 6.04 Å². The van der Waals surface area contributed by atoms with E-state index in [1.807, 2.05) is 32.9 Å². The van der Waals surface area contributed by atoms with Crippen molar-refractivity contribution in [2.75, 3.05) is 6.61 Å². The highest BCUT2D eigenvalue weighted by molar-refractivity contribution is 6.32. The predicted octanol–water partition coefficient (Wildman–Crippen LogP) is 4.78. The molecule has 2 aromatic carbocycles. The molecule has 0 bridgehead atoms. The number of carbonyl (C=O) groups excluding carboxylic acids is 1. The first-order chi connectivity index (χ1) is 11.4. The Morgan fingerprint density at radius 3 is 2.29 bits per heavy atom. The molecular weight excluding hydrogens is 322 g/mol. The largest absolute Gasteiger partial charge is 0.484 e. The second-order valence-corrected chi connectivity index (χ2v) is 6.42. The van der Waals surface area contributed by atoms with Gasteiger partial charge in [0, 0.05) is 5.02 Å². The maximum atomic E-state index is 12.1. The van der Waals surface area contributed by atoms with Crippen molar-refractivity contribution in [3.63, 3.8) is 0 Å². The Bertz CT molecular complexity index is 687. The molecule has 4 heteroatoms. The molecule has 128 valence electrons. The number of hydrogen-bond acceptors (Lipinski definition) is 2. The first kappa shape index (κ1) is 18.3. The number of halogens is 1. The van der Waals surface area contributed by atoms with Gasteiger partial charge in [0.15, 0.2) is 6.61 Å². The van der Waals surface area contributed by atoms with Gasteiger partial charge in [-0.25, -0.2) is 0 Å². The van der Waals surface area contributed by atoms with Gasteiger partial charge in [-0.2, -0.15) is 0 Å². The molecule has 1 amide bonds. The number of amides is 1. The predicted molar refractivity (Wildman–Crippen MR) is 98.8 cm³/mol. The fourth-order valence-corrected chi connectivity index (χ4v) is 2.66. The quantitative estimate of drug-likeness (QED) is 0.818. The summed E-state index contributed by atoms with van der Waals surface area (Å²) in [6, 6.07) is 11.9. The summed E-state index contributed by atoms with van der Waals surface area (Å²) in [6.45, 7) is 7.92. The molecule has 0 saturated carbocycles. The van der Waals surface area contributed by atoms with E-state index < -0.39 is 0 Å². The van der Waals surface area contributed by atoms with Gasteiger partial charge in [-0.3, -0.25) is 4.79 Å². The highest BCUT2D eigenvalue weighted by atomic mass is 35.5. The molecule has 0 heterocycles. The van der Waals surface area contributed by atoms with Crippen LogP contribution in [-0.4, -0.2) is 12.5 Å². The molecule has 0 aromatic heterocycles. The molecule has 1 N–H and O–H groups in total. The maximum absolute atomic E-state index is 12.1. The van der Waals surface area contributed by atoms with E-state index in [9.17, 15) is 4.79 Å². The Kier molecular flexibility index (Phi) is 6.27. The van der Waals surface area contributed by atoms with Crippen LogP contribution < -0.4 is 10.1 Å². The van der Waals surface area contributed by atoms with Crippen molar-refractivity contribution in [3.8, 4) is 5.75 Å². The summed E-state index contributed by atoms with van der Waals surface area (Å²) in [6.07, 6.45) is 1.01. The van der Waals surface area contributed by atoms with Crippen molar-refractivity contribution in [1.29, 1.82) is 0 Å². The number of carbonyl (C=O) groups is 1. The second kappa shape index (κ2) is 8.20. The van der Waals surface area contributed by atoms with E-state index in [4.69, 9.17) is 16.3 Å². The Morgan fingerprint density at radius 2 is 1.75 bits per heavy atom. The van der Waals surface area contributed by atoms with Crippen molar-refractivity contribution in [2.45, 2.75) is 40.2 Å². The van der Waals surface area contributed by atoms with Gasteiger partial charge in [-0.05, 0) is 61.6 Å². The minimum Gasteiger partial charge on any atom is -0.484 e. The minimum atomic E-state index is -0.146. The molecule has 0 aliphatic rings. The third-order valence-electron chi connectivity index (χ3n) is 4.05. The van der Waals surface area contributed by atoms with Gasteiger partial charge in [0.1, 0.15) is 5.75 Å². The highest BCUT2D eigenvalue weighted by Crippen LogP contribution is 2.25. The lowest BCUT2D eigenvalue weighted by Gasteiger charge is -2.15. The summed E-state index contributed by atoms with van der Waals surface area (Å²) >= 11 is 6.14. The fraction of sp³-hybridized carbons (Fsp3) is 0.350. The van der Waals surface area contributed by atoms with E-state index in [1.165, 1.54) is 5.56 Å². The molecule has 0 spiro atoms. The molecule has 3 nitrogen and oxygen atoms in total. The van der Waals surface area contributed by atoms with Crippen molar-refractivity contribution in [1.82, 2.24) is 5.32 Å². The summed E-state index contributed by atoms with van der Waals surface area (Å²) in [5, 5.41) is 3.69. The first-order valence-electron chi connectivity index (χ1n) is 8.18. The van der Waals surface area contributed by atoms with Crippen LogP contribution in [0.25, 0.3) is 0 Å². The van der Waals surface area contributed by atoms with Crippen LogP contribution in [0.3, 0.4) is 0 Å². The number of benzene rings is 2. The first-order valence-corrected chi connectivity index (χ1v) is 8.56. The van der Waals surface area contributed by atoms with Crippen LogP contribution in [0.2, 0.25) is 5.02 Å². The molecule has 0 unspecified atom stereocenters. The lowest BCUT2D eigenvalue weighted by molar-refractivity contribution is -0.123. The third-order valence-corrected chi connectivity index (χ3v) is 4.64. The lowest BCUT2D eigenvalue weighted by atomic mass is 10.1. The summed E-state index contributed by atoms with van der Waals surface area (Å²) in [7, 11) is 0. The van der Waals surface area contributed by atoms with Crippen LogP contribution in [0, 0.1) is 13.8 Å². The van der Waals surface area contributed by atoms with Gasteiger partial charge in [0.2, 0.25) is 0 Å². The molecule has 0 saturated heterocycles. The fourth-order valence-electron chi connectivity index (χ4n) is 2.55.